The topological polar surface area (TPSA) is 175 Å². The highest BCUT2D eigenvalue weighted by Gasteiger charge is 2.78. The molecule has 0 radical (unpaired) electrons. The molecule has 1 aliphatic carbocycles. The summed E-state index contributed by atoms with van der Waals surface area (Å²) in [5.41, 5.74) is 5.03. The fourth-order valence-electron chi connectivity index (χ4n) is 6.16. The Labute approximate surface area is 267 Å². The van der Waals surface area contributed by atoms with Gasteiger partial charge in [-0.15, -0.1) is 0 Å². The summed E-state index contributed by atoms with van der Waals surface area (Å²) in [4.78, 5) is 33.1. The molecule has 0 bridgehead atoms. The maximum Gasteiger partial charge on any atom is 0.338 e. The number of azide groups is 1. The predicted molar refractivity (Wildman–Crippen MR) is 170 cm³/mol. The van der Waals surface area contributed by atoms with Crippen molar-refractivity contribution >= 4 is 39.3 Å². The minimum Gasteiger partial charge on any atom is -0.497 e. The molecule has 1 saturated carbocycles. The second kappa shape index (κ2) is 12.2. The van der Waals surface area contributed by atoms with Crippen molar-refractivity contribution in [1.82, 2.24) is 0 Å². The highest BCUT2D eigenvalue weighted by atomic mass is 79.9. The number of esters is 1. The number of nitrogens with one attached hydrogen (secondary N) is 1. The van der Waals surface area contributed by atoms with Gasteiger partial charge in [-0.3, -0.25) is 4.79 Å². The minimum atomic E-state index is -2.31. The Hall–Kier alpha value is -4.42. The third-order valence-corrected chi connectivity index (χ3v) is 9.23. The molecule has 0 saturated heterocycles. The van der Waals surface area contributed by atoms with E-state index in [1.54, 1.807) is 86.8 Å². The summed E-state index contributed by atoms with van der Waals surface area (Å²) < 4.78 is 17.8. The Bertz CT molecular complexity index is 1690. The molecule has 45 heavy (non-hydrogen) atoms. The van der Waals surface area contributed by atoms with E-state index in [0.29, 0.717) is 22.6 Å². The number of nitrogens with zero attached hydrogens (tertiary/aromatic N) is 4. The second-order valence-corrected chi connectivity index (χ2v) is 12.1. The standard InChI is InChI=1S/C32H32BrN5O7/c1-18(39)22-6-5-7-24(16-22)35-26-27(37-38-34)32(19(2)45-28(36-32)20-10-14-25(43-4)15-11-20)30(3,41)31(26,42)17-44-29(40)21-8-12-23(33)13-9-21/h5-16,19,26-27,35,41-42H,17H2,1-4H3/t19-,26-,27-,30-,31+,32-/m1/s1. The lowest BCUT2D eigenvalue weighted by molar-refractivity contribution is -0.175. The smallest absolute Gasteiger partial charge is 0.338 e. The molecule has 3 N–H and O–H groups in total. The van der Waals surface area contributed by atoms with Crippen LogP contribution in [0, 0.1) is 0 Å². The average Bonchev–Trinajstić information content (AvgIpc) is 3.45. The van der Waals surface area contributed by atoms with Crippen molar-refractivity contribution in [3.8, 4) is 5.75 Å². The van der Waals surface area contributed by atoms with Gasteiger partial charge in [-0.25, -0.2) is 9.79 Å². The van der Waals surface area contributed by atoms with Crippen LogP contribution < -0.4 is 10.1 Å². The van der Waals surface area contributed by atoms with Crippen LogP contribution in [0.15, 0.2) is 87.4 Å². The number of ketones is 1. The molecule has 0 aromatic heterocycles. The van der Waals surface area contributed by atoms with Crippen LogP contribution in [-0.4, -0.2) is 76.5 Å². The van der Waals surface area contributed by atoms with Crippen LogP contribution >= 0.6 is 15.9 Å². The van der Waals surface area contributed by atoms with Crippen LogP contribution in [0.3, 0.4) is 0 Å². The van der Waals surface area contributed by atoms with Crippen molar-refractivity contribution < 1.29 is 34.0 Å². The largest absolute Gasteiger partial charge is 0.497 e. The summed E-state index contributed by atoms with van der Waals surface area (Å²) in [6.07, 6.45) is -0.927. The Morgan fingerprint density at radius 2 is 1.80 bits per heavy atom. The van der Waals surface area contributed by atoms with Crippen molar-refractivity contribution in [3.05, 3.63) is 104 Å². The van der Waals surface area contributed by atoms with E-state index in [1.807, 2.05) is 0 Å². The van der Waals surface area contributed by atoms with Crippen LogP contribution in [0.25, 0.3) is 10.4 Å². The third-order valence-electron chi connectivity index (χ3n) is 8.71. The van der Waals surface area contributed by atoms with Gasteiger partial charge in [-0.05, 0) is 87.0 Å². The van der Waals surface area contributed by atoms with Crippen molar-refractivity contribution in [2.45, 2.75) is 55.7 Å². The van der Waals surface area contributed by atoms with Gasteiger partial charge < -0.3 is 29.7 Å². The van der Waals surface area contributed by atoms with Gasteiger partial charge in [0.15, 0.2) is 5.78 Å². The van der Waals surface area contributed by atoms with Crippen molar-refractivity contribution in [1.29, 1.82) is 0 Å². The number of aliphatic hydroxyl groups is 2. The van der Waals surface area contributed by atoms with E-state index in [0.717, 1.165) is 4.47 Å². The Morgan fingerprint density at radius 3 is 2.42 bits per heavy atom. The van der Waals surface area contributed by atoms with Gasteiger partial charge >= 0.3 is 5.97 Å². The fraction of sp³-hybridized carbons (Fsp3) is 0.344. The molecule has 3 aromatic carbocycles. The molecule has 0 amide bonds. The number of anilines is 1. The Balaban J connectivity index is 1.63. The number of carbonyl (C=O) groups excluding carboxylic acids is 2. The highest BCUT2D eigenvalue weighted by molar-refractivity contribution is 9.10. The first-order chi connectivity index (χ1) is 21.4. The van der Waals surface area contributed by atoms with Crippen LogP contribution in [0.2, 0.25) is 0 Å². The molecule has 6 atom stereocenters. The number of benzene rings is 3. The van der Waals surface area contributed by atoms with Crippen molar-refractivity contribution in [2.24, 2.45) is 10.1 Å². The number of methoxy groups -OCH3 is 1. The second-order valence-electron chi connectivity index (χ2n) is 11.2. The lowest BCUT2D eigenvalue weighted by Gasteiger charge is -2.44. The van der Waals surface area contributed by atoms with Crippen LogP contribution in [0.4, 0.5) is 5.69 Å². The molecule has 12 nitrogen and oxygen atoms in total. The number of carbonyl (C=O) groups is 2. The molecule has 13 heteroatoms. The predicted octanol–water partition coefficient (Wildman–Crippen LogP) is 5.08. The fourth-order valence-corrected chi connectivity index (χ4v) is 6.43. The van der Waals surface area contributed by atoms with E-state index >= 15 is 0 Å². The van der Waals surface area contributed by atoms with Gasteiger partial charge in [0.2, 0.25) is 5.90 Å². The molecule has 1 fully saturated rings. The van der Waals surface area contributed by atoms with Gasteiger partial charge in [0.05, 0.1) is 24.8 Å². The van der Waals surface area contributed by atoms with Crippen molar-refractivity contribution in [2.75, 3.05) is 19.0 Å². The van der Waals surface area contributed by atoms with E-state index in [-0.39, 0.29) is 17.2 Å². The van der Waals surface area contributed by atoms with Crippen LogP contribution in [0.1, 0.15) is 47.1 Å². The summed E-state index contributed by atoms with van der Waals surface area (Å²) in [5, 5.41) is 32.2. The van der Waals surface area contributed by atoms with Gasteiger partial charge in [0.25, 0.3) is 0 Å². The normalized spacial score (nSPS) is 28.5. The van der Waals surface area contributed by atoms with Gasteiger partial charge in [-0.1, -0.05) is 33.2 Å². The Morgan fingerprint density at radius 1 is 1.11 bits per heavy atom. The SMILES string of the molecule is COc1ccc(C2=N[C@@]3([C@H](N=[N+]=[N-])[C@@H](Nc4cccc(C(C)=O)c4)[C@@](O)(COC(=O)c4ccc(Br)cc4)[C@@]3(C)O)[C@@H](C)O2)cc1. The number of Topliss-reactive ketones (excluding diaryl/α,β-unsaturated/α-hetero) is 1. The third kappa shape index (κ3) is 5.42. The molecular formula is C32H32BrN5O7. The first-order valence-corrected chi connectivity index (χ1v) is 14.9. The molecule has 1 aliphatic heterocycles. The summed E-state index contributed by atoms with van der Waals surface area (Å²) in [6, 6.07) is 17.3. The zero-order chi connectivity index (χ0) is 32.6. The first kappa shape index (κ1) is 32.0. The number of aliphatic imine (C=N–C) groups is 1. The van der Waals surface area contributed by atoms with Crippen molar-refractivity contribution in [3.63, 3.8) is 0 Å². The maximum atomic E-state index is 13.1. The lowest BCUT2D eigenvalue weighted by Crippen LogP contribution is -2.66. The molecule has 0 unspecified atom stereocenters. The number of ether oxygens (including phenoxy) is 3. The molecule has 234 valence electrons. The number of rotatable bonds is 9. The van der Waals surface area contributed by atoms with Crippen LogP contribution in [-0.2, 0) is 9.47 Å². The lowest BCUT2D eigenvalue weighted by atomic mass is 9.74. The minimum absolute atomic E-state index is 0.150. The quantitative estimate of drug-likeness (QED) is 0.0924. The first-order valence-electron chi connectivity index (χ1n) is 14.1. The Kier molecular flexibility index (Phi) is 8.65. The van der Waals surface area contributed by atoms with E-state index < -0.39 is 47.5 Å². The summed E-state index contributed by atoms with van der Waals surface area (Å²) in [6.45, 7) is 3.72. The average molecular weight is 679 g/mol. The van der Waals surface area contributed by atoms with E-state index in [4.69, 9.17) is 19.2 Å². The number of hydrogen-bond acceptors (Lipinski definition) is 10. The number of halogens is 1. The summed E-state index contributed by atoms with van der Waals surface area (Å²) in [7, 11) is 1.54. The molecule has 1 heterocycles. The summed E-state index contributed by atoms with van der Waals surface area (Å²) >= 11 is 3.33. The zero-order valence-corrected chi connectivity index (χ0v) is 26.6. The molecule has 5 rings (SSSR count). The van der Waals surface area contributed by atoms with Crippen LogP contribution in [0.5, 0.6) is 5.75 Å². The highest BCUT2D eigenvalue weighted by Crippen LogP contribution is 2.56. The summed E-state index contributed by atoms with van der Waals surface area (Å²) in [5.74, 6) is -0.176. The molecule has 2 aliphatic rings. The van der Waals surface area contributed by atoms with E-state index in [9.17, 15) is 25.3 Å². The molecular weight excluding hydrogens is 646 g/mol. The van der Waals surface area contributed by atoms with Gasteiger partial charge in [-0.2, -0.15) is 0 Å². The van der Waals surface area contributed by atoms with Gasteiger partial charge in [0, 0.05) is 26.2 Å². The molecule has 3 aromatic rings. The monoisotopic (exact) mass is 677 g/mol. The van der Waals surface area contributed by atoms with Gasteiger partial charge in [0.1, 0.15) is 35.2 Å². The molecule has 1 spiro atoms. The maximum absolute atomic E-state index is 13.1. The number of hydrogen-bond donors (Lipinski definition) is 3. The van der Waals surface area contributed by atoms with E-state index in [2.05, 4.69) is 31.3 Å². The zero-order valence-electron chi connectivity index (χ0n) is 25.0. The van der Waals surface area contributed by atoms with E-state index in [1.165, 1.54) is 13.8 Å².